The van der Waals surface area contributed by atoms with Crippen molar-refractivity contribution in [2.45, 2.75) is 52.3 Å². The minimum atomic E-state index is 0.0695. The predicted molar refractivity (Wildman–Crippen MR) is 67.6 cm³/mol. The van der Waals surface area contributed by atoms with E-state index in [0.29, 0.717) is 5.92 Å². The SMILES string of the molecule is COC(C)CC(N)Cc1ncnn1CC(C)C. The molecule has 1 rings (SSSR count). The quantitative estimate of drug-likeness (QED) is 0.778. The Hall–Kier alpha value is -0.940. The first-order chi connectivity index (χ1) is 8.02. The molecule has 0 spiro atoms. The summed E-state index contributed by atoms with van der Waals surface area (Å²) in [6.07, 6.45) is 3.38. The lowest BCUT2D eigenvalue weighted by atomic mass is 10.1. The zero-order valence-corrected chi connectivity index (χ0v) is 11.3. The molecule has 0 aliphatic carbocycles. The summed E-state index contributed by atoms with van der Waals surface area (Å²) in [5.41, 5.74) is 6.08. The molecule has 0 aliphatic heterocycles. The van der Waals surface area contributed by atoms with Crippen molar-refractivity contribution in [3.8, 4) is 0 Å². The van der Waals surface area contributed by atoms with Crippen LogP contribution in [0.5, 0.6) is 0 Å². The van der Waals surface area contributed by atoms with Crippen molar-refractivity contribution in [1.29, 1.82) is 0 Å². The third-order valence-electron chi connectivity index (χ3n) is 2.72. The Morgan fingerprint density at radius 1 is 1.41 bits per heavy atom. The highest BCUT2D eigenvalue weighted by Crippen LogP contribution is 2.07. The van der Waals surface area contributed by atoms with E-state index in [0.717, 1.165) is 25.2 Å². The van der Waals surface area contributed by atoms with Gasteiger partial charge in [0.2, 0.25) is 0 Å². The van der Waals surface area contributed by atoms with E-state index in [1.807, 2.05) is 11.6 Å². The van der Waals surface area contributed by atoms with Crippen molar-refractivity contribution in [3.05, 3.63) is 12.2 Å². The summed E-state index contributed by atoms with van der Waals surface area (Å²) in [4.78, 5) is 4.27. The van der Waals surface area contributed by atoms with Gasteiger partial charge in [-0.3, -0.25) is 0 Å². The summed E-state index contributed by atoms with van der Waals surface area (Å²) in [5.74, 6) is 1.53. The Kier molecular flexibility index (Phi) is 5.58. The molecule has 98 valence electrons. The van der Waals surface area contributed by atoms with E-state index in [2.05, 4.69) is 23.9 Å². The van der Waals surface area contributed by atoms with Gasteiger partial charge in [-0.25, -0.2) is 9.67 Å². The molecule has 0 aromatic carbocycles. The largest absolute Gasteiger partial charge is 0.382 e. The van der Waals surface area contributed by atoms with E-state index in [1.165, 1.54) is 0 Å². The van der Waals surface area contributed by atoms with Crippen LogP contribution in [-0.4, -0.2) is 34.0 Å². The van der Waals surface area contributed by atoms with Crippen LogP contribution in [0.1, 0.15) is 33.0 Å². The Labute approximate surface area is 103 Å². The molecule has 2 N–H and O–H groups in total. The molecule has 0 amide bonds. The van der Waals surface area contributed by atoms with Crippen LogP contribution in [0.25, 0.3) is 0 Å². The molecule has 0 saturated heterocycles. The number of hydrogen-bond acceptors (Lipinski definition) is 4. The van der Waals surface area contributed by atoms with E-state index < -0.39 is 0 Å². The number of nitrogens with two attached hydrogens (primary N) is 1. The fourth-order valence-corrected chi connectivity index (χ4v) is 1.78. The molecule has 1 heterocycles. The Bertz CT molecular complexity index is 324. The molecule has 5 heteroatoms. The number of nitrogens with zero attached hydrogens (tertiary/aromatic N) is 3. The fraction of sp³-hybridized carbons (Fsp3) is 0.833. The monoisotopic (exact) mass is 240 g/mol. The molecule has 0 saturated carbocycles. The van der Waals surface area contributed by atoms with Gasteiger partial charge in [0.25, 0.3) is 0 Å². The summed E-state index contributed by atoms with van der Waals surface area (Å²) >= 11 is 0. The van der Waals surface area contributed by atoms with Gasteiger partial charge in [0, 0.05) is 26.1 Å². The van der Waals surface area contributed by atoms with Crippen LogP contribution >= 0.6 is 0 Å². The maximum atomic E-state index is 6.08. The van der Waals surface area contributed by atoms with Gasteiger partial charge >= 0.3 is 0 Å². The minimum Gasteiger partial charge on any atom is -0.382 e. The predicted octanol–water partition coefficient (Wildman–Crippen LogP) is 1.23. The van der Waals surface area contributed by atoms with Gasteiger partial charge in [0.1, 0.15) is 12.2 Å². The van der Waals surface area contributed by atoms with Gasteiger partial charge in [-0.05, 0) is 19.3 Å². The second-order valence-corrected chi connectivity index (χ2v) is 5.00. The summed E-state index contributed by atoms with van der Waals surface area (Å²) < 4.78 is 7.16. The third-order valence-corrected chi connectivity index (χ3v) is 2.72. The van der Waals surface area contributed by atoms with Crippen LogP contribution < -0.4 is 5.73 Å². The Morgan fingerprint density at radius 3 is 2.71 bits per heavy atom. The van der Waals surface area contributed by atoms with Gasteiger partial charge in [-0.1, -0.05) is 13.8 Å². The van der Waals surface area contributed by atoms with Gasteiger partial charge in [-0.15, -0.1) is 0 Å². The van der Waals surface area contributed by atoms with E-state index >= 15 is 0 Å². The Balaban J connectivity index is 2.53. The average molecular weight is 240 g/mol. The molecular weight excluding hydrogens is 216 g/mol. The molecule has 0 fully saturated rings. The van der Waals surface area contributed by atoms with E-state index in [4.69, 9.17) is 10.5 Å². The number of hydrogen-bond donors (Lipinski definition) is 1. The first-order valence-electron chi connectivity index (χ1n) is 6.18. The van der Waals surface area contributed by atoms with Crippen molar-refractivity contribution in [1.82, 2.24) is 14.8 Å². The van der Waals surface area contributed by atoms with Crippen molar-refractivity contribution >= 4 is 0 Å². The maximum absolute atomic E-state index is 6.08. The lowest BCUT2D eigenvalue weighted by Crippen LogP contribution is -2.29. The molecule has 0 bridgehead atoms. The lowest BCUT2D eigenvalue weighted by molar-refractivity contribution is 0.104. The van der Waals surface area contributed by atoms with Crippen molar-refractivity contribution in [3.63, 3.8) is 0 Å². The topological polar surface area (TPSA) is 66.0 Å². The molecule has 2 atom stereocenters. The van der Waals surface area contributed by atoms with Gasteiger partial charge < -0.3 is 10.5 Å². The first-order valence-corrected chi connectivity index (χ1v) is 6.18. The van der Waals surface area contributed by atoms with Crippen LogP contribution in [-0.2, 0) is 17.7 Å². The zero-order valence-electron chi connectivity index (χ0n) is 11.3. The maximum Gasteiger partial charge on any atom is 0.138 e. The highest BCUT2D eigenvalue weighted by atomic mass is 16.5. The van der Waals surface area contributed by atoms with Crippen molar-refractivity contribution in [2.24, 2.45) is 11.7 Å². The Morgan fingerprint density at radius 2 is 2.12 bits per heavy atom. The molecular formula is C12H24N4O. The highest BCUT2D eigenvalue weighted by molar-refractivity contribution is 4.89. The van der Waals surface area contributed by atoms with Crippen molar-refractivity contribution in [2.75, 3.05) is 7.11 Å². The van der Waals surface area contributed by atoms with E-state index in [9.17, 15) is 0 Å². The average Bonchev–Trinajstić information content (AvgIpc) is 2.64. The van der Waals surface area contributed by atoms with Crippen LogP contribution in [0.3, 0.4) is 0 Å². The first kappa shape index (κ1) is 14.1. The summed E-state index contributed by atoms with van der Waals surface area (Å²) in [6, 6.07) is 0.0695. The van der Waals surface area contributed by atoms with Crippen LogP contribution in [0.2, 0.25) is 0 Å². The van der Waals surface area contributed by atoms with E-state index in [-0.39, 0.29) is 12.1 Å². The lowest BCUT2D eigenvalue weighted by Gasteiger charge is -2.16. The third kappa shape index (κ3) is 4.83. The highest BCUT2D eigenvalue weighted by Gasteiger charge is 2.13. The summed E-state index contributed by atoms with van der Waals surface area (Å²) in [6.45, 7) is 7.25. The molecule has 5 nitrogen and oxygen atoms in total. The van der Waals surface area contributed by atoms with E-state index in [1.54, 1.807) is 13.4 Å². The molecule has 1 aromatic rings. The number of rotatable bonds is 7. The molecule has 2 unspecified atom stereocenters. The minimum absolute atomic E-state index is 0.0695. The normalized spacial score (nSPS) is 15.2. The van der Waals surface area contributed by atoms with Crippen molar-refractivity contribution < 1.29 is 4.74 Å². The van der Waals surface area contributed by atoms with Gasteiger partial charge in [-0.2, -0.15) is 5.10 Å². The number of methoxy groups -OCH3 is 1. The molecule has 17 heavy (non-hydrogen) atoms. The summed E-state index contributed by atoms with van der Waals surface area (Å²) in [7, 11) is 1.71. The van der Waals surface area contributed by atoms with Gasteiger partial charge in [0.15, 0.2) is 0 Å². The van der Waals surface area contributed by atoms with Gasteiger partial charge in [0.05, 0.1) is 6.10 Å². The molecule has 0 aliphatic rings. The second kappa shape index (κ2) is 6.71. The number of ether oxygens (including phenoxy) is 1. The smallest absolute Gasteiger partial charge is 0.138 e. The van der Waals surface area contributed by atoms with Crippen LogP contribution in [0, 0.1) is 5.92 Å². The standard InChI is InChI=1S/C12H24N4O/c1-9(2)7-16-12(14-8-15-16)6-11(13)5-10(3)17-4/h8-11H,5-7,13H2,1-4H3. The second-order valence-electron chi connectivity index (χ2n) is 5.00. The van der Waals surface area contributed by atoms with Crippen LogP contribution in [0.4, 0.5) is 0 Å². The molecule has 0 radical (unpaired) electrons. The van der Waals surface area contributed by atoms with Crippen LogP contribution in [0.15, 0.2) is 6.33 Å². The summed E-state index contributed by atoms with van der Waals surface area (Å²) in [5, 5.41) is 4.23. The molecule has 1 aromatic heterocycles. The fourth-order valence-electron chi connectivity index (χ4n) is 1.78. The number of aromatic nitrogens is 3. The zero-order chi connectivity index (χ0) is 12.8.